The summed E-state index contributed by atoms with van der Waals surface area (Å²) >= 11 is 0. The Labute approximate surface area is 146 Å². The molecule has 0 bridgehead atoms. The Morgan fingerprint density at radius 1 is 1.12 bits per heavy atom. The van der Waals surface area contributed by atoms with E-state index in [1.807, 2.05) is 43.3 Å². The summed E-state index contributed by atoms with van der Waals surface area (Å²) < 4.78 is 4.75. The molecular weight excluding hydrogens is 320 g/mol. The first kappa shape index (κ1) is 18.2. The minimum atomic E-state index is -0.586. The molecule has 25 heavy (non-hydrogen) atoms. The Kier molecular flexibility index (Phi) is 6.71. The summed E-state index contributed by atoms with van der Waals surface area (Å²) in [5, 5.41) is 7.74. The quantitative estimate of drug-likeness (QED) is 0.441. The number of nitrogens with zero attached hydrogens (tertiary/aromatic N) is 2. The molecule has 0 radical (unpaired) electrons. The number of benzene rings is 2. The van der Waals surface area contributed by atoms with E-state index >= 15 is 0 Å². The van der Waals surface area contributed by atoms with Crippen LogP contribution < -0.4 is 0 Å². The lowest BCUT2D eigenvalue weighted by Gasteiger charge is -2.09. The summed E-state index contributed by atoms with van der Waals surface area (Å²) in [5.74, 6) is -0.586. The predicted octanol–water partition coefficient (Wildman–Crippen LogP) is 3.07. The van der Waals surface area contributed by atoms with Crippen LogP contribution in [0.1, 0.15) is 22.3 Å². The molecule has 0 aromatic heterocycles. The second kappa shape index (κ2) is 9.22. The number of oxime groups is 2. The number of methoxy groups -OCH3 is 1. The molecule has 2 aromatic carbocycles. The van der Waals surface area contributed by atoms with Crippen LogP contribution in [-0.2, 0) is 25.8 Å². The standard InChI is InChI=1S/C19H20N2O4/c1-14-7-6-8-15(11-14)12-20-25-13-16-9-4-5-10-17(16)18(21-24-3)19(22)23-2/h4-12H,13H2,1-3H3/b20-12-,21-18+. The van der Waals surface area contributed by atoms with Gasteiger partial charge in [0.15, 0.2) is 5.71 Å². The highest BCUT2D eigenvalue weighted by atomic mass is 16.6. The topological polar surface area (TPSA) is 69.5 Å². The van der Waals surface area contributed by atoms with Gasteiger partial charge in [0.25, 0.3) is 0 Å². The van der Waals surface area contributed by atoms with Crippen molar-refractivity contribution >= 4 is 17.9 Å². The predicted molar refractivity (Wildman–Crippen MR) is 95.6 cm³/mol. The number of hydrogen-bond acceptors (Lipinski definition) is 6. The van der Waals surface area contributed by atoms with Crippen LogP contribution in [-0.4, -0.2) is 32.1 Å². The average molecular weight is 340 g/mol. The Balaban J connectivity index is 2.12. The summed E-state index contributed by atoms with van der Waals surface area (Å²) in [6.07, 6.45) is 1.64. The molecular formula is C19H20N2O4. The lowest BCUT2D eigenvalue weighted by atomic mass is 10.0. The molecule has 2 rings (SSSR count). The van der Waals surface area contributed by atoms with Gasteiger partial charge >= 0.3 is 5.97 Å². The zero-order valence-corrected chi connectivity index (χ0v) is 14.4. The van der Waals surface area contributed by atoms with Gasteiger partial charge in [-0.05, 0) is 12.5 Å². The number of carbonyl (C=O) groups is 1. The van der Waals surface area contributed by atoms with Crippen LogP contribution in [0.5, 0.6) is 0 Å². The highest BCUT2D eigenvalue weighted by molar-refractivity contribution is 6.43. The van der Waals surface area contributed by atoms with Crippen molar-refractivity contribution in [1.82, 2.24) is 0 Å². The monoisotopic (exact) mass is 340 g/mol. The molecule has 130 valence electrons. The zero-order valence-electron chi connectivity index (χ0n) is 14.4. The van der Waals surface area contributed by atoms with Gasteiger partial charge in [-0.3, -0.25) is 0 Å². The second-order valence-corrected chi connectivity index (χ2v) is 5.19. The molecule has 2 aromatic rings. The number of ether oxygens (including phenoxy) is 1. The Morgan fingerprint density at radius 3 is 2.64 bits per heavy atom. The molecule has 0 fully saturated rings. The fourth-order valence-electron chi connectivity index (χ4n) is 2.22. The third-order valence-corrected chi connectivity index (χ3v) is 3.37. The van der Waals surface area contributed by atoms with Crippen molar-refractivity contribution < 1.29 is 19.2 Å². The number of rotatable bonds is 7. The minimum absolute atomic E-state index is 0.0758. The molecule has 0 aliphatic carbocycles. The van der Waals surface area contributed by atoms with Crippen LogP contribution in [0.3, 0.4) is 0 Å². The Bertz CT molecular complexity index is 784. The molecule has 0 unspecified atom stereocenters. The lowest BCUT2D eigenvalue weighted by molar-refractivity contribution is -0.132. The van der Waals surface area contributed by atoms with Crippen LogP contribution >= 0.6 is 0 Å². The third kappa shape index (κ3) is 5.17. The van der Waals surface area contributed by atoms with Gasteiger partial charge in [0.05, 0.1) is 13.3 Å². The number of carbonyl (C=O) groups excluding carboxylic acids is 1. The van der Waals surface area contributed by atoms with Crippen LogP contribution in [0.2, 0.25) is 0 Å². The molecule has 0 aliphatic heterocycles. The maximum absolute atomic E-state index is 11.9. The fourth-order valence-corrected chi connectivity index (χ4v) is 2.22. The molecule has 0 saturated heterocycles. The van der Waals surface area contributed by atoms with Crippen LogP contribution in [0.25, 0.3) is 0 Å². The number of hydrogen-bond donors (Lipinski definition) is 0. The average Bonchev–Trinajstić information content (AvgIpc) is 2.63. The van der Waals surface area contributed by atoms with Crippen molar-refractivity contribution in [2.75, 3.05) is 14.2 Å². The van der Waals surface area contributed by atoms with E-state index in [4.69, 9.17) is 14.4 Å². The van der Waals surface area contributed by atoms with E-state index in [0.29, 0.717) is 5.56 Å². The SMILES string of the molecule is CO/N=C(/C(=O)OC)c1ccccc1CO/N=C\c1cccc(C)c1. The number of aryl methyl sites for hydroxylation is 1. The van der Waals surface area contributed by atoms with Crippen molar-refractivity contribution in [1.29, 1.82) is 0 Å². The molecule has 0 N–H and O–H groups in total. The van der Waals surface area contributed by atoms with E-state index in [-0.39, 0.29) is 12.3 Å². The van der Waals surface area contributed by atoms with Crippen molar-refractivity contribution in [3.05, 3.63) is 70.8 Å². The van der Waals surface area contributed by atoms with Gasteiger partial charge in [-0.25, -0.2) is 4.79 Å². The van der Waals surface area contributed by atoms with Crippen LogP contribution in [0.15, 0.2) is 58.8 Å². The van der Waals surface area contributed by atoms with E-state index < -0.39 is 5.97 Å². The lowest BCUT2D eigenvalue weighted by Crippen LogP contribution is -2.19. The van der Waals surface area contributed by atoms with Crippen LogP contribution in [0, 0.1) is 6.92 Å². The summed E-state index contributed by atoms with van der Waals surface area (Å²) in [5.41, 5.74) is 3.48. The summed E-state index contributed by atoms with van der Waals surface area (Å²) in [6.45, 7) is 2.19. The van der Waals surface area contributed by atoms with Gasteiger partial charge in [0, 0.05) is 11.1 Å². The molecule has 0 spiro atoms. The smallest absolute Gasteiger partial charge is 0.360 e. The van der Waals surface area contributed by atoms with Crippen molar-refractivity contribution in [2.45, 2.75) is 13.5 Å². The first-order valence-electron chi connectivity index (χ1n) is 7.65. The zero-order chi connectivity index (χ0) is 18.1. The van der Waals surface area contributed by atoms with E-state index in [2.05, 4.69) is 10.3 Å². The van der Waals surface area contributed by atoms with Gasteiger partial charge < -0.3 is 14.4 Å². The van der Waals surface area contributed by atoms with Gasteiger partial charge in [-0.2, -0.15) is 0 Å². The molecule has 6 heteroatoms. The van der Waals surface area contributed by atoms with Gasteiger partial charge in [0.1, 0.15) is 13.7 Å². The normalized spacial score (nSPS) is 11.4. The van der Waals surface area contributed by atoms with Gasteiger partial charge in [-0.1, -0.05) is 64.4 Å². The van der Waals surface area contributed by atoms with E-state index in [1.165, 1.54) is 14.2 Å². The summed E-state index contributed by atoms with van der Waals surface area (Å²) in [6, 6.07) is 15.1. The molecule has 0 aliphatic rings. The molecule has 0 heterocycles. The minimum Gasteiger partial charge on any atom is -0.464 e. The van der Waals surface area contributed by atoms with Gasteiger partial charge in [0.2, 0.25) is 0 Å². The summed E-state index contributed by atoms with van der Waals surface area (Å²) in [7, 11) is 2.66. The first-order chi connectivity index (χ1) is 12.2. The summed E-state index contributed by atoms with van der Waals surface area (Å²) in [4.78, 5) is 22.0. The van der Waals surface area contributed by atoms with Crippen molar-refractivity contribution in [3.63, 3.8) is 0 Å². The molecule has 0 amide bonds. The largest absolute Gasteiger partial charge is 0.464 e. The fraction of sp³-hybridized carbons (Fsp3) is 0.211. The molecule has 0 atom stereocenters. The van der Waals surface area contributed by atoms with E-state index in [9.17, 15) is 4.79 Å². The van der Waals surface area contributed by atoms with E-state index in [1.54, 1.807) is 18.3 Å². The maximum Gasteiger partial charge on any atom is 0.360 e. The second-order valence-electron chi connectivity index (χ2n) is 5.19. The maximum atomic E-state index is 11.9. The molecule has 0 saturated carbocycles. The van der Waals surface area contributed by atoms with Crippen molar-refractivity contribution in [2.24, 2.45) is 10.3 Å². The van der Waals surface area contributed by atoms with Crippen molar-refractivity contribution in [3.8, 4) is 0 Å². The third-order valence-electron chi connectivity index (χ3n) is 3.37. The first-order valence-corrected chi connectivity index (χ1v) is 7.65. The Morgan fingerprint density at radius 2 is 1.92 bits per heavy atom. The molecule has 6 nitrogen and oxygen atoms in total. The van der Waals surface area contributed by atoms with Crippen LogP contribution in [0.4, 0.5) is 0 Å². The highest BCUT2D eigenvalue weighted by Gasteiger charge is 2.19. The number of esters is 1. The van der Waals surface area contributed by atoms with E-state index in [0.717, 1.165) is 16.7 Å². The van der Waals surface area contributed by atoms with Gasteiger partial charge in [-0.15, -0.1) is 0 Å². The highest BCUT2D eigenvalue weighted by Crippen LogP contribution is 2.13. The Hall–Kier alpha value is -3.15.